The van der Waals surface area contributed by atoms with Crippen LogP contribution < -0.4 is 16.0 Å². The predicted octanol–water partition coefficient (Wildman–Crippen LogP) is 3.78. The van der Waals surface area contributed by atoms with Crippen LogP contribution in [0, 0.1) is 5.41 Å². The topological polar surface area (TPSA) is 80.2 Å². The van der Waals surface area contributed by atoms with Gasteiger partial charge in [-0.15, -0.1) is 0 Å². The molecule has 0 bridgehead atoms. The monoisotopic (exact) mass is 469 g/mol. The van der Waals surface area contributed by atoms with Crippen LogP contribution in [0.25, 0.3) is 0 Å². The molecule has 1 saturated carbocycles. The number of alkyl halides is 3. The van der Waals surface area contributed by atoms with Crippen LogP contribution in [-0.4, -0.2) is 54.3 Å². The number of hydrogen-bond donors (Lipinski definition) is 4. The number of piperidine rings is 1. The Morgan fingerprint density at radius 3 is 2.56 bits per heavy atom. The minimum atomic E-state index is -4.50. The molecule has 4 N–H and O–H groups in total. The predicted molar refractivity (Wildman–Crippen MR) is 118 cm³/mol. The third kappa shape index (κ3) is 4.79. The number of rotatable bonds is 5. The standard InChI is InChI=1S/C22H27ClF3N5O/c23-17-10-15(22(24,25)26)2-3-19(17)30-20(32)21(6-1-7-21)29-11-14-12-31(13-18(14)27)16-4-8-28-9-5-16/h2-3,10-11,16,27-29H,1,4-9,12-13H2,(H,30,32)/b14-11-,27-18?. The Hall–Kier alpha value is -2.10. The van der Waals surface area contributed by atoms with E-state index in [1.807, 2.05) is 0 Å². The Kier molecular flexibility index (Phi) is 6.51. The Morgan fingerprint density at radius 1 is 1.25 bits per heavy atom. The summed E-state index contributed by atoms with van der Waals surface area (Å²) in [5.41, 5.74) is -0.135. The van der Waals surface area contributed by atoms with Crippen LogP contribution in [0.3, 0.4) is 0 Å². The van der Waals surface area contributed by atoms with Gasteiger partial charge >= 0.3 is 6.18 Å². The maximum atomic E-state index is 13.0. The zero-order chi connectivity index (χ0) is 22.9. The van der Waals surface area contributed by atoms with Crippen molar-refractivity contribution >= 4 is 28.9 Å². The molecule has 3 aliphatic rings. The number of halogens is 4. The Balaban J connectivity index is 1.41. The molecular weight excluding hydrogens is 443 g/mol. The van der Waals surface area contributed by atoms with E-state index in [2.05, 4.69) is 20.9 Å². The van der Waals surface area contributed by atoms with Crippen molar-refractivity contribution in [1.82, 2.24) is 15.5 Å². The second-order valence-corrected chi connectivity index (χ2v) is 9.17. The fourth-order valence-electron chi connectivity index (χ4n) is 4.46. The Labute approximate surface area is 190 Å². The van der Waals surface area contributed by atoms with Gasteiger partial charge in [0.25, 0.3) is 0 Å². The third-order valence-electron chi connectivity index (χ3n) is 6.66. The minimum absolute atomic E-state index is 0.149. The summed E-state index contributed by atoms with van der Waals surface area (Å²) in [6, 6.07) is 3.36. The first-order valence-electron chi connectivity index (χ1n) is 10.9. The first kappa shape index (κ1) is 23.1. The Bertz CT molecular complexity index is 923. The van der Waals surface area contributed by atoms with Crippen molar-refractivity contribution in [2.75, 3.05) is 31.5 Å². The molecule has 1 aromatic carbocycles. The summed E-state index contributed by atoms with van der Waals surface area (Å²) in [7, 11) is 0. The largest absolute Gasteiger partial charge is 0.416 e. The van der Waals surface area contributed by atoms with Gasteiger partial charge in [0, 0.05) is 30.9 Å². The zero-order valence-corrected chi connectivity index (χ0v) is 18.4. The summed E-state index contributed by atoms with van der Waals surface area (Å²) < 4.78 is 38.6. The number of hydrogen-bond acceptors (Lipinski definition) is 5. The van der Waals surface area contributed by atoms with Crippen molar-refractivity contribution in [1.29, 1.82) is 5.41 Å². The average Bonchev–Trinajstić information content (AvgIpc) is 3.09. The van der Waals surface area contributed by atoms with E-state index in [4.69, 9.17) is 17.0 Å². The van der Waals surface area contributed by atoms with Crippen LogP contribution in [0.1, 0.15) is 37.7 Å². The van der Waals surface area contributed by atoms with Gasteiger partial charge in [-0.2, -0.15) is 13.2 Å². The van der Waals surface area contributed by atoms with Gasteiger partial charge in [-0.25, -0.2) is 0 Å². The van der Waals surface area contributed by atoms with Crippen LogP contribution in [0.2, 0.25) is 5.02 Å². The molecular formula is C22H27ClF3N5O. The van der Waals surface area contributed by atoms with Crippen LogP contribution >= 0.6 is 11.6 Å². The normalized spacial score (nSPS) is 23.2. The van der Waals surface area contributed by atoms with Gasteiger partial charge in [-0.05, 0) is 63.4 Å². The SMILES string of the molecule is N=C1CN(C2CCNCC2)C/C1=C/NC1(C(=O)Nc2ccc(C(F)(F)F)cc2Cl)CCC1. The van der Waals surface area contributed by atoms with Crippen molar-refractivity contribution in [3.8, 4) is 0 Å². The van der Waals surface area contributed by atoms with Crippen LogP contribution in [0.4, 0.5) is 18.9 Å². The molecule has 1 aliphatic carbocycles. The first-order valence-corrected chi connectivity index (χ1v) is 11.2. The fourth-order valence-corrected chi connectivity index (χ4v) is 4.69. The van der Waals surface area contributed by atoms with Crippen molar-refractivity contribution in [3.05, 3.63) is 40.6 Å². The van der Waals surface area contributed by atoms with Crippen LogP contribution in [-0.2, 0) is 11.0 Å². The van der Waals surface area contributed by atoms with Gasteiger partial charge in [-0.3, -0.25) is 9.69 Å². The van der Waals surface area contributed by atoms with Gasteiger partial charge in [0.1, 0.15) is 5.54 Å². The van der Waals surface area contributed by atoms with Gasteiger partial charge in [0.05, 0.1) is 22.0 Å². The summed E-state index contributed by atoms with van der Waals surface area (Å²) in [5, 5.41) is 17.4. The number of benzene rings is 1. The maximum Gasteiger partial charge on any atom is 0.416 e. The lowest BCUT2D eigenvalue weighted by atomic mass is 9.76. The van der Waals surface area contributed by atoms with Crippen molar-refractivity contribution in [3.63, 3.8) is 0 Å². The van der Waals surface area contributed by atoms with E-state index in [1.165, 1.54) is 6.07 Å². The molecule has 0 unspecified atom stereocenters. The quantitative estimate of drug-likeness (QED) is 0.529. The van der Waals surface area contributed by atoms with Crippen LogP contribution in [0.15, 0.2) is 30.0 Å². The molecule has 0 atom stereocenters. The smallest absolute Gasteiger partial charge is 0.377 e. The fraction of sp³-hybridized carbons (Fsp3) is 0.545. The third-order valence-corrected chi connectivity index (χ3v) is 6.97. The molecule has 10 heteroatoms. The molecule has 0 spiro atoms. The van der Waals surface area contributed by atoms with E-state index in [9.17, 15) is 18.0 Å². The summed E-state index contributed by atoms with van der Waals surface area (Å²) in [5.74, 6) is -0.331. The second kappa shape index (κ2) is 9.03. The minimum Gasteiger partial charge on any atom is -0.377 e. The number of carbonyl (C=O) groups is 1. The zero-order valence-electron chi connectivity index (χ0n) is 17.6. The van der Waals surface area contributed by atoms with E-state index in [0.717, 1.165) is 50.1 Å². The molecule has 6 nitrogen and oxygen atoms in total. The van der Waals surface area contributed by atoms with Crippen molar-refractivity contribution in [2.45, 2.75) is 49.9 Å². The molecule has 0 radical (unpaired) electrons. The van der Waals surface area contributed by atoms with Crippen molar-refractivity contribution in [2.24, 2.45) is 0 Å². The maximum absolute atomic E-state index is 13.0. The highest BCUT2D eigenvalue weighted by Crippen LogP contribution is 2.36. The Morgan fingerprint density at radius 2 is 1.97 bits per heavy atom. The van der Waals surface area contributed by atoms with Gasteiger partial charge in [-0.1, -0.05) is 11.6 Å². The highest BCUT2D eigenvalue weighted by molar-refractivity contribution is 6.33. The molecule has 3 fully saturated rings. The van der Waals surface area contributed by atoms with E-state index >= 15 is 0 Å². The molecule has 2 saturated heterocycles. The summed E-state index contributed by atoms with van der Waals surface area (Å²) >= 11 is 6.00. The second-order valence-electron chi connectivity index (χ2n) is 8.76. The number of anilines is 1. The lowest BCUT2D eigenvalue weighted by molar-refractivity contribution is -0.137. The molecule has 32 heavy (non-hydrogen) atoms. The molecule has 1 aromatic rings. The molecule has 4 rings (SSSR count). The van der Waals surface area contributed by atoms with Gasteiger partial charge in [0.2, 0.25) is 5.91 Å². The summed E-state index contributed by atoms with van der Waals surface area (Å²) in [6.07, 6.45) is 1.48. The van der Waals surface area contributed by atoms with E-state index in [0.29, 0.717) is 37.7 Å². The van der Waals surface area contributed by atoms with Gasteiger partial charge < -0.3 is 21.4 Å². The van der Waals surface area contributed by atoms with E-state index < -0.39 is 17.3 Å². The highest BCUT2D eigenvalue weighted by Gasteiger charge is 2.44. The lowest BCUT2D eigenvalue weighted by Gasteiger charge is -2.40. The highest BCUT2D eigenvalue weighted by atomic mass is 35.5. The number of amides is 1. The van der Waals surface area contributed by atoms with Crippen molar-refractivity contribution < 1.29 is 18.0 Å². The molecule has 174 valence electrons. The van der Waals surface area contributed by atoms with E-state index in [-0.39, 0.29) is 16.6 Å². The molecule has 1 amide bonds. The number of nitrogens with one attached hydrogen (secondary N) is 4. The first-order chi connectivity index (χ1) is 15.2. The van der Waals surface area contributed by atoms with Crippen LogP contribution in [0.5, 0.6) is 0 Å². The molecule has 0 aromatic heterocycles. The van der Waals surface area contributed by atoms with E-state index in [1.54, 1.807) is 6.20 Å². The average molecular weight is 470 g/mol. The number of carbonyl (C=O) groups excluding carboxylic acids is 1. The van der Waals surface area contributed by atoms with Gasteiger partial charge in [0.15, 0.2) is 0 Å². The molecule has 2 heterocycles. The molecule has 2 aliphatic heterocycles. The summed E-state index contributed by atoms with van der Waals surface area (Å²) in [4.78, 5) is 15.3. The lowest BCUT2D eigenvalue weighted by Crippen LogP contribution is -2.57. The number of likely N-dealkylation sites (tertiary alicyclic amines) is 1. The number of nitrogens with zero attached hydrogens (tertiary/aromatic N) is 1. The summed E-state index contributed by atoms with van der Waals surface area (Å²) in [6.45, 7) is 3.26.